The monoisotopic (exact) mass is 509 g/mol. The maximum atomic E-state index is 13.7. The number of amides is 1. The SMILES string of the molecule is CCCCCCCCCCCCN1C(=O)C(C2(OCC)CCC3(C=CC(=O)C=C3)O2)C12C=CC(=O)C=C2. The van der Waals surface area contributed by atoms with Gasteiger partial charge in [0.05, 0.1) is 5.54 Å². The van der Waals surface area contributed by atoms with Crippen LogP contribution in [-0.4, -0.2) is 52.5 Å². The molecule has 2 spiro atoms. The van der Waals surface area contributed by atoms with Crippen molar-refractivity contribution in [3.05, 3.63) is 48.6 Å². The molecule has 202 valence electrons. The van der Waals surface area contributed by atoms with Gasteiger partial charge in [0.1, 0.15) is 11.5 Å². The molecule has 0 aromatic rings. The van der Waals surface area contributed by atoms with Crippen molar-refractivity contribution in [1.82, 2.24) is 4.90 Å². The summed E-state index contributed by atoms with van der Waals surface area (Å²) in [6.07, 6.45) is 27.0. The summed E-state index contributed by atoms with van der Waals surface area (Å²) in [6, 6.07) is 0. The van der Waals surface area contributed by atoms with Gasteiger partial charge in [0, 0.05) is 19.6 Å². The number of ether oxygens (including phenoxy) is 2. The molecule has 2 aliphatic heterocycles. The first kappa shape index (κ1) is 27.7. The van der Waals surface area contributed by atoms with E-state index in [4.69, 9.17) is 9.47 Å². The van der Waals surface area contributed by atoms with Gasteiger partial charge in [-0.1, -0.05) is 76.9 Å². The van der Waals surface area contributed by atoms with E-state index in [1.165, 1.54) is 63.5 Å². The molecule has 6 nitrogen and oxygen atoms in total. The molecule has 2 heterocycles. The minimum Gasteiger partial charge on any atom is -0.349 e. The van der Waals surface area contributed by atoms with Crippen molar-refractivity contribution in [3.63, 3.8) is 0 Å². The summed E-state index contributed by atoms with van der Waals surface area (Å²) in [7, 11) is 0. The highest BCUT2D eigenvalue weighted by atomic mass is 16.7. The Balaban J connectivity index is 1.40. The summed E-state index contributed by atoms with van der Waals surface area (Å²) in [6.45, 7) is 5.19. The largest absolute Gasteiger partial charge is 0.349 e. The number of rotatable bonds is 14. The molecule has 0 aromatic heterocycles. The number of β-lactam (4-membered cyclic amide) rings is 1. The van der Waals surface area contributed by atoms with Gasteiger partial charge in [-0.05, 0) is 56.2 Å². The van der Waals surface area contributed by atoms with Crippen LogP contribution < -0.4 is 0 Å². The molecular weight excluding hydrogens is 466 g/mol. The van der Waals surface area contributed by atoms with Gasteiger partial charge in [-0.3, -0.25) is 14.4 Å². The third-order valence-corrected chi connectivity index (χ3v) is 8.32. The topological polar surface area (TPSA) is 72.9 Å². The van der Waals surface area contributed by atoms with Gasteiger partial charge in [-0.25, -0.2) is 0 Å². The highest BCUT2D eigenvalue weighted by molar-refractivity contribution is 6.03. The molecule has 0 N–H and O–H groups in total. The van der Waals surface area contributed by atoms with Crippen LogP contribution in [0.25, 0.3) is 0 Å². The van der Waals surface area contributed by atoms with Gasteiger partial charge in [-0.2, -0.15) is 0 Å². The minimum atomic E-state index is -1.12. The quantitative estimate of drug-likeness (QED) is 0.219. The van der Waals surface area contributed by atoms with E-state index in [1.807, 2.05) is 24.0 Å². The Kier molecular flexibility index (Phi) is 9.02. The Morgan fingerprint density at radius 2 is 1.32 bits per heavy atom. The molecule has 0 saturated carbocycles. The second-order valence-electron chi connectivity index (χ2n) is 10.9. The second kappa shape index (κ2) is 12.0. The van der Waals surface area contributed by atoms with Crippen molar-refractivity contribution >= 4 is 17.5 Å². The van der Waals surface area contributed by atoms with Crippen LogP contribution >= 0.6 is 0 Å². The van der Waals surface area contributed by atoms with Crippen molar-refractivity contribution in [1.29, 1.82) is 0 Å². The highest BCUT2D eigenvalue weighted by Gasteiger charge is 2.69. The number of unbranched alkanes of at least 4 members (excludes halogenated alkanes) is 9. The van der Waals surface area contributed by atoms with E-state index >= 15 is 0 Å². The van der Waals surface area contributed by atoms with E-state index < -0.39 is 22.8 Å². The maximum absolute atomic E-state index is 13.7. The molecule has 0 radical (unpaired) electrons. The molecule has 2 atom stereocenters. The zero-order valence-corrected chi connectivity index (χ0v) is 22.6. The van der Waals surface area contributed by atoms with E-state index in [9.17, 15) is 14.4 Å². The molecule has 4 rings (SSSR count). The van der Waals surface area contributed by atoms with Crippen molar-refractivity contribution in [2.24, 2.45) is 5.92 Å². The summed E-state index contributed by atoms with van der Waals surface area (Å²) in [5, 5.41) is 0. The number of nitrogens with zero attached hydrogens (tertiary/aromatic N) is 1. The standard InChI is InChI=1S/C31H43NO5/c1-3-5-6-7-8-9-10-11-12-13-24-32-28(35)27(30(32)20-16-26(34)17-21-30)31(36-4-2)23-22-29(37-31)18-14-25(33)15-19-29/h14-21,27H,3-13,22-24H2,1-2H3. The molecule has 0 aromatic carbocycles. The highest BCUT2D eigenvalue weighted by Crippen LogP contribution is 2.56. The van der Waals surface area contributed by atoms with Crippen LogP contribution in [0.4, 0.5) is 0 Å². The average molecular weight is 510 g/mol. The van der Waals surface area contributed by atoms with Gasteiger partial charge < -0.3 is 14.4 Å². The molecule has 2 fully saturated rings. The average Bonchev–Trinajstić information content (AvgIpc) is 3.24. The number of carbonyl (C=O) groups excluding carboxylic acids is 3. The van der Waals surface area contributed by atoms with Gasteiger partial charge in [0.2, 0.25) is 5.91 Å². The van der Waals surface area contributed by atoms with Gasteiger partial charge in [-0.15, -0.1) is 0 Å². The summed E-state index contributed by atoms with van der Waals surface area (Å²) in [5.74, 6) is -1.84. The van der Waals surface area contributed by atoms with Crippen LogP contribution in [0, 0.1) is 5.92 Å². The third kappa shape index (κ3) is 5.75. The van der Waals surface area contributed by atoms with Crippen LogP contribution in [0.3, 0.4) is 0 Å². The first-order valence-corrected chi connectivity index (χ1v) is 14.4. The lowest BCUT2D eigenvalue weighted by atomic mass is 9.66. The molecule has 1 amide bonds. The van der Waals surface area contributed by atoms with E-state index in [1.54, 1.807) is 24.3 Å². The van der Waals surface area contributed by atoms with Crippen LogP contribution in [0.15, 0.2) is 48.6 Å². The molecule has 2 aliphatic carbocycles. The fourth-order valence-electron chi connectivity index (χ4n) is 6.37. The Labute approximate surface area is 221 Å². The number of carbonyl (C=O) groups is 3. The van der Waals surface area contributed by atoms with Crippen molar-refractivity contribution in [2.75, 3.05) is 13.2 Å². The first-order chi connectivity index (χ1) is 17.9. The molecule has 6 heteroatoms. The molecule has 37 heavy (non-hydrogen) atoms. The molecule has 4 aliphatic rings. The smallest absolute Gasteiger partial charge is 0.235 e. The Hall–Kier alpha value is -2.31. The fraction of sp³-hybridized carbons (Fsp3) is 0.645. The number of hydrogen-bond donors (Lipinski definition) is 0. The summed E-state index contributed by atoms with van der Waals surface area (Å²) >= 11 is 0. The summed E-state index contributed by atoms with van der Waals surface area (Å²) < 4.78 is 12.9. The van der Waals surface area contributed by atoms with E-state index in [2.05, 4.69) is 6.92 Å². The normalized spacial score (nSPS) is 27.1. The molecule has 0 bridgehead atoms. The predicted molar refractivity (Wildman–Crippen MR) is 144 cm³/mol. The maximum Gasteiger partial charge on any atom is 0.235 e. The first-order valence-electron chi connectivity index (χ1n) is 14.4. The zero-order valence-electron chi connectivity index (χ0n) is 22.6. The van der Waals surface area contributed by atoms with Crippen molar-refractivity contribution in [2.45, 2.75) is 108 Å². The molecule has 2 unspecified atom stereocenters. The van der Waals surface area contributed by atoms with Crippen LogP contribution in [0.2, 0.25) is 0 Å². The van der Waals surface area contributed by atoms with E-state index in [-0.39, 0.29) is 17.5 Å². The second-order valence-corrected chi connectivity index (χ2v) is 10.9. The Morgan fingerprint density at radius 1 is 0.784 bits per heavy atom. The van der Waals surface area contributed by atoms with Crippen LogP contribution in [-0.2, 0) is 23.9 Å². The lowest BCUT2D eigenvalue weighted by molar-refractivity contribution is -0.287. The van der Waals surface area contributed by atoms with Gasteiger partial charge in [0.15, 0.2) is 17.4 Å². The number of allylic oxidation sites excluding steroid dienone is 4. The Bertz CT molecular complexity index is 944. The van der Waals surface area contributed by atoms with Crippen molar-refractivity contribution in [3.8, 4) is 0 Å². The summed E-state index contributed by atoms with van der Waals surface area (Å²) in [4.78, 5) is 39.4. The predicted octanol–water partition coefficient (Wildman–Crippen LogP) is 5.78. The van der Waals surface area contributed by atoms with Gasteiger partial charge in [0.25, 0.3) is 0 Å². The van der Waals surface area contributed by atoms with E-state index in [0.29, 0.717) is 26.0 Å². The minimum absolute atomic E-state index is 0.00455. The fourth-order valence-corrected chi connectivity index (χ4v) is 6.37. The summed E-state index contributed by atoms with van der Waals surface area (Å²) in [5.41, 5.74) is -1.48. The third-order valence-electron chi connectivity index (χ3n) is 8.32. The van der Waals surface area contributed by atoms with Crippen LogP contribution in [0.5, 0.6) is 0 Å². The zero-order chi connectivity index (χ0) is 26.4. The van der Waals surface area contributed by atoms with Crippen molar-refractivity contribution < 1.29 is 23.9 Å². The van der Waals surface area contributed by atoms with Crippen LogP contribution in [0.1, 0.15) is 90.9 Å². The lowest BCUT2D eigenvalue weighted by Gasteiger charge is -2.60. The van der Waals surface area contributed by atoms with Gasteiger partial charge >= 0.3 is 0 Å². The number of hydrogen-bond acceptors (Lipinski definition) is 5. The Morgan fingerprint density at radius 3 is 1.89 bits per heavy atom. The molecule has 2 saturated heterocycles. The number of likely N-dealkylation sites (tertiary alicyclic amines) is 1. The molecular formula is C31H43NO5. The lowest BCUT2D eigenvalue weighted by Crippen LogP contribution is -2.76. The number of ketones is 2. The van der Waals surface area contributed by atoms with E-state index in [0.717, 1.165) is 12.8 Å².